The zero-order valence-electron chi connectivity index (χ0n) is 16.0. The van der Waals surface area contributed by atoms with E-state index in [1.54, 1.807) is 0 Å². The standard InChI is InChI=1S/C24H22N2O2/c1-16-13-20-22(14-17(16)2)26(19-11-7-4-8-12-19)15-21(23(20)27)24(28)25-18-9-5-3-6-10-18/h3-14,21H,15H2,1-2H3,(H,25,28). The van der Waals surface area contributed by atoms with E-state index in [0.717, 1.165) is 22.5 Å². The Hall–Kier alpha value is -3.40. The van der Waals surface area contributed by atoms with E-state index in [9.17, 15) is 9.59 Å². The van der Waals surface area contributed by atoms with E-state index >= 15 is 0 Å². The Morgan fingerprint density at radius 1 is 0.929 bits per heavy atom. The Labute approximate surface area is 164 Å². The summed E-state index contributed by atoms with van der Waals surface area (Å²) in [5, 5.41) is 2.88. The molecular formula is C24H22N2O2. The summed E-state index contributed by atoms with van der Waals surface area (Å²) in [6.07, 6.45) is 0. The maximum absolute atomic E-state index is 13.2. The zero-order chi connectivity index (χ0) is 19.7. The van der Waals surface area contributed by atoms with Crippen molar-refractivity contribution in [2.24, 2.45) is 5.92 Å². The fourth-order valence-corrected chi connectivity index (χ4v) is 3.58. The molecule has 140 valence electrons. The molecular weight excluding hydrogens is 348 g/mol. The van der Waals surface area contributed by atoms with Crippen LogP contribution in [0, 0.1) is 19.8 Å². The second kappa shape index (κ2) is 7.31. The molecule has 1 atom stereocenters. The third-order valence-electron chi connectivity index (χ3n) is 5.28. The summed E-state index contributed by atoms with van der Waals surface area (Å²) in [7, 11) is 0. The van der Waals surface area contributed by atoms with Crippen molar-refractivity contribution in [2.75, 3.05) is 16.8 Å². The minimum Gasteiger partial charge on any atom is -0.340 e. The third-order valence-corrected chi connectivity index (χ3v) is 5.28. The van der Waals surface area contributed by atoms with Gasteiger partial charge in [-0.3, -0.25) is 9.59 Å². The predicted octanol–water partition coefficient (Wildman–Crippen LogP) is 4.89. The topological polar surface area (TPSA) is 49.4 Å². The first-order chi connectivity index (χ1) is 13.5. The lowest BCUT2D eigenvalue weighted by Gasteiger charge is -2.35. The van der Waals surface area contributed by atoms with Crippen molar-refractivity contribution in [1.29, 1.82) is 0 Å². The summed E-state index contributed by atoms with van der Waals surface area (Å²) >= 11 is 0. The van der Waals surface area contributed by atoms with E-state index in [1.165, 1.54) is 0 Å². The van der Waals surface area contributed by atoms with Crippen LogP contribution in [0.5, 0.6) is 0 Å². The van der Waals surface area contributed by atoms with Crippen LogP contribution < -0.4 is 10.2 Å². The summed E-state index contributed by atoms with van der Waals surface area (Å²) in [6.45, 7) is 4.35. The van der Waals surface area contributed by atoms with Crippen LogP contribution in [0.2, 0.25) is 0 Å². The van der Waals surface area contributed by atoms with E-state index in [-0.39, 0.29) is 11.7 Å². The Balaban J connectivity index is 1.75. The number of anilines is 3. The van der Waals surface area contributed by atoms with E-state index in [2.05, 4.69) is 10.2 Å². The van der Waals surface area contributed by atoms with Gasteiger partial charge in [0, 0.05) is 23.5 Å². The Morgan fingerprint density at radius 3 is 2.21 bits per heavy atom. The second-order valence-electron chi connectivity index (χ2n) is 7.17. The summed E-state index contributed by atoms with van der Waals surface area (Å²) in [5.74, 6) is -1.17. The monoisotopic (exact) mass is 370 g/mol. The highest BCUT2D eigenvalue weighted by molar-refractivity contribution is 6.18. The molecule has 0 saturated heterocycles. The fraction of sp³-hybridized carbons (Fsp3) is 0.167. The van der Waals surface area contributed by atoms with Crippen LogP contribution in [0.15, 0.2) is 72.8 Å². The molecule has 4 nitrogen and oxygen atoms in total. The van der Waals surface area contributed by atoms with E-state index < -0.39 is 5.92 Å². The van der Waals surface area contributed by atoms with Gasteiger partial charge in [-0.1, -0.05) is 36.4 Å². The highest BCUT2D eigenvalue weighted by Crippen LogP contribution is 2.37. The molecule has 3 aromatic rings. The molecule has 3 aromatic carbocycles. The van der Waals surface area contributed by atoms with Crippen LogP contribution in [-0.4, -0.2) is 18.2 Å². The minimum absolute atomic E-state index is 0.126. The number of benzene rings is 3. The van der Waals surface area contributed by atoms with E-state index in [4.69, 9.17) is 0 Å². The second-order valence-corrected chi connectivity index (χ2v) is 7.17. The normalized spacial score (nSPS) is 15.9. The van der Waals surface area contributed by atoms with Crippen LogP contribution in [0.1, 0.15) is 21.5 Å². The van der Waals surface area contributed by atoms with Crippen LogP contribution in [0.4, 0.5) is 17.1 Å². The number of amides is 1. The van der Waals surface area contributed by atoms with Crippen molar-refractivity contribution < 1.29 is 9.59 Å². The van der Waals surface area contributed by atoms with Crippen molar-refractivity contribution in [3.63, 3.8) is 0 Å². The largest absolute Gasteiger partial charge is 0.340 e. The molecule has 1 heterocycles. The smallest absolute Gasteiger partial charge is 0.237 e. The lowest BCUT2D eigenvalue weighted by Crippen LogP contribution is -2.43. The predicted molar refractivity (Wildman–Crippen MR) is 112 cm³/mol. The number of rotatable bonds is 3. The molecule has 0 radical (unpaired) electrons. The van der Waals surface area contributed by atoms with Gasteiger partial charge in [0.05, 0.1) is 5.69 Å². The Bertz CT molecular complexity index is 1030. The third kappa shape index (κ3) is 3.29. The van der Waals surface area contributed by atoms with E-state index in [0.29, 0.717) is 17.8 Å². The molecule has 0 spiro atoms. The number of para-hydroxylation sites is 2. The molecule has 1 aliphatic heterocycles. The van der Waals surface area contributed by atoms with Gasteiger partial charge in [-0.25, -0.2) is 0 Å². The van der Waals surface area contributed by atoms with Crippen molar-refractivity contribution >= 4 is 28.8 Å². The number of carbonyl (C=O) groups excluding carboxylic acids is 2. The maximum atomic E-state index is 13.2. The number of ketones is 1. The van der Waals surface area contributed by atoms with Gasteiger partial charge in [0.25, 0.3) is 0 Å². The van der Waals surface area contributed by atoms with Crippen LogP contribution >= 0.6 is 0 Å². The number of carbonyl (C=O) groups is 2. The molecule has 0 bridgehead atoms. The first kappa shape index (κ1) is 18.0. The number of Topliss-reactive ketones (excluding diaryl/α,β-unsaturated/α-hetero) is 1. The Kier molecular flexibility index (Phi) is 4.70. The number of hydrogen-bond donors (Lipinski definition) is 1. The summed E-state index contributed by atoms with van der Waals surface area (Å²) in [5.41, 5.74) is 5.30. The van der Waals surface area contributed by atoms with Crippen molar-refractivity contribution in [3.05, 3.63) is 89.5 Å². The molecule has 1 amide bonds. The minimum atomic E-state index is -0.769. The Morgan fingerprint density at radius 2 is 1.54 bits per heavy atom. The molecule has 28 heavy (non-hydrogen) atoms. The quantitative estimate of drug-likeness (QED) is 0.668. The van der Waals surface area contributed by atoms with Gasteiger partial charge in [-0.2, -0.15) is 0 Å². The van der Waals surface area contributed by atoms with Gasteiger partial charge in [0.2, 0.25) is 5.91 Å². The number of fused-ring (bicyclic) bond motifs is 1. The molecule has 1 unspecified atom stereocenters. The number of nitrogens with one attached hydrogen (secondary N) is 1. The maximum Gasteiger partial charge on any atom is 0.237 e. The van der Waals surface area contributed by atoms with Gasteiger partial charge >= 0.3 is 0 Å². The van der Waals surface area contributed by atoms with Crippen LogP contribution in [0.3, 0.4) is 0 Å². The average molecular weight is 370 g/mol. The molecule has 1 aliphatic rings. The van der Waals surface area contributed by atoms with Crippen molar-refractivity contribution in [1.82, 2.24) is 0 Å². The number of aryl methyl sites for hydroxylation is 2. The first-order valence-electron chi connectivity index (χ1n) is 9.38. The molecule has 0 aliphatic carbocycles. The fourth-order valence-electron chi connectivity index (χ4n) is 3.58. The van der Waals surface area contributed by atoms with Gasteiger partial charge in [0.15, 0.2) is 5.78 Å². The van der Waals surface area contributed by atoms with Crippen LogP contribution in [0.25, 0.3) is 0 Å². The van der Waals surface area contributed by atoms with E-state index in [1.807, 2.05) is 86.6 Å². The molecule has 0 aromatic heterocycles. The van der Waals surface area contributed by atoms with Gasteiger partial charge in [-0.15, -0.1) is 0 Å². The zero-order valence-corrected chi connectivity index (χ0v) is 16.0. The number of nitrogens with zero attached hydrogens (tertiary/aromatic N) is 1. The van der Waals surface area contributed by atoms with Crippen molar-refractivity contribution in [3.8, 4) is 0 Å². The molecule has 4 heteroatoms. The highest BCUT2D eigenvalue weighted by atomic mass is 16.2. The summed E-state index contributed by atoms with van der Waals surface area (Å²) in [4.78, 5) is 28.2. The van der Waals surface area contributed by atoms with Gasteiger partial charge in [0.1, 0.15) is 5.92 Å². The summed E-state index contributed by atoms with van der Waals surface area (Å²) < 4.78 is 0. The summed E-state index contributed by atoms with van der Waals surface area (Å²) in [6, 6.07) is 23.1. The van der Waals surface area contributed by atoms with Gasteiger partial charge < -0.3 is 10.2 Å². The first-order valence-corrected chi connectivity index (χ1v) is 9.38. The molecule has 0 saturated carbocycles. The SMILES string of the molecule is Cc1cc2c(cc1C)N(c1ccccc1)CC(C(=O)Nc1ccccc1)C2=O. The molecule has 4 rings (SSSR count). The lowest BCUT2D eigenvalue weighted by atomic mass is 9.87. The van der Waals surface area contributed by atoms with Crippen LogP contribution in [-0.2, 0) is 4.79 Å². The molecule has 0 fully saturated rings. The van der Waals surface area contributed by atoms with Gasteiger partial charge in [-0.05, 0) is 61.4 Å². The molecule has 1 N–H and O–H groups in total. The average Bonchev–Trinajstić information content (AvgIpc) is 2.71. The van der Waals surface area contributed by atoms with Crippen molar-refractivity contribution in [2.45, 2.75) is 13.8 Å². The number of hydrogen-bond acceptors (Lipinski definition) is 3. The highest BCUT2D eigenvalue weighted by Gasteiger charge is 2.37. The lowest BCUT2D eigenvalue weighted by molar-refractivity contribution is -0.118.